The fraction of sp³-hybridized carbons (Fsp3) is 0.789. The van der Waals surface area contributed by atoms with E-state index in [-0.39, 0.29) is 5.54 Å². The molecule has 0 unspecified atom stereocenters. The molecule has 8 nitrogen and oxygen atoms in total. The van der Waals surface area contributed by atoms with Gasteiger partial charge in [-0.2, -0.15) is 0 Å². The van der Waals surface area contributed by atoms with Crippen LogP contribution in [0.4, 0.5) is 0 Å². The number of likely N-dealkylation sites (N-methyl/N-ethyl adjacent to an activating group) is 1. The van der Waals surface area contributed by atoms with Crippen molar-refractivity contribution in [1.29, 1.82) is 0 Å². The molecule has 1 aromatic heterocycles. The van der Waals surface area contributed by atoms with Crippen LogP contribution in [-0.4, -0.2) is 98.4 Å². The topological polar surface area (TPSA) is 69.4 Å². The molecule has 0 spiro atoms. The number of piperazine rings is 1. The normalized spacial score (nSPS) is 21.7. The first kappa shape index (κ1) is 20.1. The van der Waals surface area contributed by atoms with Crippen LogP contribution in [0.25, 0.3) is 0 Å². The van der Waals surface area contributed by atoms with Gasteiger partial charge in [0.1, 0.15) is 5.76 Å². The molecule has 2 saturated heterocycles. The number of hydrogen-bond acceptors (Lipinski definition) is 6. The molecule has 0 bridgehead atoms. The number of hydrogen-bond donors (Lipinski definition) is 1. The average molecular weight is 379 g/mol. The van der Waals surface area contributed by atoms with Crippen LogP contribution in [0.15, 0.2) is 15.6 Å². The van der Waals surface area contributed by atoms with E-state index in [2.05, 4.69) is 44.3 Å². The van der Waals surface area contributed by atoms with E-state index in [1.165, 1.54) is 0 Å². The van der Waals surface area contributed by atoms with E-state index in [9.17, 15) is 0 Å². The second-order valence-corrected chi connectivity index (χ2v) is 7.82. The summed E-state index contributed by atoms with van der Waals surface area (Å²) in [6.45, 7) is 9.28. The maximum atomic E-state index is 5.57. The van der Waals surface area contributed by atoms with Gasteiger partial charge in [-0.3, -0.25) is 9.89 Å². The molecule has 2 aliphatic heterocycles. The molecule has 0 radical (unpaired) electrons. The highest BCUT2D eigenvalue weighted by Crippen LogP contribution is 2.25. The first-order valence-electron chi connectivity index (χ1n) is 9.88. The van der Waals surface area contributed by atoms with Crippen LogP contribution in [0.5, 0.6) is 0 Å². The Labute approximate surface area is 162 Å². The highest BCUT2D eigenvalue weighted by atomic mass is 16.5. The molecule has 3 rings (SSSR count). The number of rotatable bonds is 5. The van der Waals surface area contributed by atoms with Gasteiger partial charge in [0.2, 0.25) is 0 Å². The Morgan fingerprint density at radius 2 is 1.96 bits per heavy atom. The molecule has 8 heteroatoms. The summed E-state index contributed by atoms with van der Waals surface area (Å²) in [5, 5.41) is 7.74. The third-order valence-electron chi connectivity index (χ3n) is 5.89. The summed E-state index contributed by atoms with van der Waals surface area (Å²) in [4.78, 5) is 11.6. The van der Waals surface area contributed by atoms with Gasteiger partial charge in [-0.15, -0.1) is 0 Å². The molecule has 2 fully saturated rings. The molecular formula is C19H34N6O2. The summed E-state index contributed by atoms with van der Waals surface area (Å²) in [6.07, 6.45) is 2.10. The van der Waals surface area contributed by atoms with Gasteiger partial charge < -0.3 is 24.4 Å². The van der Waals surface area contributed by atoms with Crippen LogP contribution in [0.3, 0.4) is 0 Å². The predicted octanol–water partition coefficient (Wildman–Crippen LogP) is 0.787. The Morgan fingerprint density at radius 3 is 2.52 bits per heavy atom. The number of guanidine groups is 1. The van der Waals surface area contributed by atoms with Crippen molar-refractivity contribution in [1.82, 2.24) is 25.2 Å². The van der Waals surface area contributed by atoms with E-state index >= 15 is 0 Å². The molecule has 0 saturated carbocycles. The van der Waals surface area contributed by atoms with Gasteiger partial charge >= 0.3 is 0 Å². The molecule has 3 heterocycles. The minimum atomic E-state index is 0.140. The Bertz CT molecular complexity index is 615. The first-order valence-corrected chi connectivity index (χ1v) is 9.88. The zero-order valence-corrected chi connectivity index (χ0v) is 17.2. The summed E-state index contributed by atoms with van der Waals surface area (Å²) in [7, 11) is 6.21. The van der Waals surface area contributed by atoms with Crippen molar-refractivity contribution in [3.63, 3.8) is 0 Å². The van der Waals surface area contributed by atoms with Crippen LogP contribution < -0.4 is 5.32 Å². The van der Waals surface area contributed by atoms with Gasteiger partial charge in [0.25, 0.3) is 0 Å². The minimum Gasteiger partial charge on any atom is -0.381 e. The molecule has 0 aliphatic carbocycles. The van der Waals surface area contributed by atoms with Crippen LogP contribution in [-0.2, 0) is 11.3 Å². The lowest BCUT2D eigenvalue weighted by atomic mass is 9.88. The molecule has 0 amide bonds. The summed E-state index contributed by atoms with van der Waals surface area (Å²) in [5.74, 6) is 1.87. The van der Waals surface area contributed by atoms with E-state index in [1.807, 2.05) is 20.0 Å². The Hall–Kier alpha value is -1.64. The minimum absolute atomic E-state index is 0.140. The SMILES string of the molecule is CN=C(NCC1(N(C)C)CCOCC1)N1CCN(Cc2cc(C)on2)CC1. The third-order valence-corrected chi connectivity index (χ3v) is 5.89. The number of aliphatic imine (C=N–C) groups is 1. The number of nitrogens with one attached hydrogen (secondary N) is 1. The van der Waals surface area contributed by atoms with E-state index < -0.39 is 0 Å². The fourth-order valence-electron chi connectivity index (χ4n) is 3.95. The standard InChI is InChI=1S/C19H34N6O2/c1-16-13-17(22-27-16)14-24-7-9-25(10-8-24)18(20-2)21-15-19(23(3)4)5-11-26-12-6-19/h13H,5-12,14-15H2,1-4H3,(H,20,21). The monoisotopic (exact) mass is 378 g/mol. The van der Waals surface area contributed by atoms with Gasteiger partial charge in [-0.05, 0) is 33.9 Å². The highest BCUT2D eigenvalue weighted by Gasteiger charge is 2.35. The van der Waals surface area contributed by atoms with Gasteiger partial charge in [0.15, 0.2) is 5.96 Å². The molecule has 1 aromatic rings. The van der Waals surface area contributed by atoms with Gasteiger partial charge in [0, 0.05) is 71.1 Å². The smallest absolute Gasteiger partial charge is 0.193 e. The summed E-state index contributed by atoms with van der Waals surface area (Å²) in [6, 6.07) is 2.02. The van der Waals surface area contributed by atoms with Crippen molar-refractivity contribution in [2.45, 2.75) is 31.8 Å². The Balaban J connectivity index is 1.50. The van der Waals surface area contributed by atoms with Crippen LogP contribution >= 0.6 is 0 Å². The van der Waals surface area contributed by atoms with E-state index in [0.717, 1.165) is 82.7 Å². The lowest BCUT2D eigenvalue weighted by Crippen LogP contribution is -2.59. The van der Waals surface area contributed by atoms with Crippen molar-refractivity contribution in [3.05, 3.63) is 17.5 Å². The number of aryl methyl sites for hydroxylation is 1. The van der Waals surface area contributed by atoms with E-state index in [1.54, 1.807) is 0 Å². The second-order valence-electron chi connectivity index (χ2n) is 7.82. The highest BCUT2D eigenvalue weighted by molar-refractivity contribution is 5.80. The van der Waals surface area contributed by atoms with Crippen LogP contribution in [0.2, 0.25) is 0 Å². The summed E-state index contributed by atoms with van der Waals surface area (Å²) in [5.41, 5.74) is 1.15. The molecule has 0 atom stereocenters. The largest absolute Gasteiger partial charge is 0.381 e. The molecule has 27 heavy (non-hydrogen) atoms. The van der Waals surface area contributed by atoms with E-state index in [4.69, 9.17) is 9.26 Å². The lowest BCUT2D eigenvalue weighted by Gasteiger charge is -2.44. The molecule has 0 aromatic carbocycles. The van der Waals surface area contributed by atoms with Crippen molar-refractivity contribution < 1.29 is 9.26 Å². The molecule has 152 valence electrons. The van der Waals surface area contributed by atoms with Crippen LogP contribution in [0.1, 0.15) is 24.3 Å². The predicted molar refractivity (Wildman–Crippen MR) is 106 cm³/mol. The molecular weight excluding hydrogens is 344 g/mol. The van der Waals surface area contributed by atoms with Crippen molar-refractivity contribution in [2.75, 3.05) is 67.1 Å². The van der Waals surface area contributed by atoms with Crippen LogP contribution in [0, 0.1) is 6.92 Å². The van der Waals surface area contributed by atoms with Gasteiger partial charge in [0.05, 0.1) is 5.69 Å². The maximum Gasteiger partial charge on any atom is 0.193 e. The zero-order chi connectivity index (χ0) is 19.3. The third kappa shape index (κ3) is 5.00. The quantitative estimate of drug-likeness (QED) is 0.600. The van der Waals surface area contributed by atoms with Crippen molar-refractivity contribution in [3.8, 4) is 0 Å². The summed E-state index contributed by atoms with van der Waals surface area (Å²) >= 11 is 0. The number of aromatic nitrogens is 1. The second kappa shape index (κ2) is 9.03. The lowest BCUT2D eigenvalue weighted by molar-refractivity contribution is -0.00535. The average Bonchev–Trinajstić information content (AvgIpc) is 3.09. The van der Waals surface area contributed by atoms with E-state index in [0.29, 0.717) is 0 Å². The zero-order valence-electron chi connectivity index (χ0n) is 17.2. The molecule has 2 aliphatic rings. The first-order chi connectivity index (χ1) is 13.0. The van der Waals surface area contributed by atoms with Gasteiger partial charge in [-0.1, -0.05) is 5.16 Å². The van der Waals surface area contributed by atoms with Crippen molar-refractivity contribution >= 4 is 5.96 Å². The maximum absolute atomic E-state index is 5.57. The number of nitrogens with zero attached hydrogens (tertiary/aromatic N) is 5. The van der Waals surface area contributed by atoms with Gasteiger partial charge in [-0.25, -0.2) is 0 Å². The Kier molecular flexibility index (Phi) is 6.73. The Morgan fingerprint density at radius 1 is 1.26 bits per heavy atom. The fourth-order valence-corrected chi connectivity index (χ4v) is 3.95. The van der Waals surface area contributed by atoms with Crippen molar-refractivity contribution in [2.24, 2.45) is 4.99 Å². The molecule has 1 N–H and O–H groups in total. The number of ether oxygens (including phenoxy) is 1. The summed E-state index contributed by atoms with van der Waals surface area (Å²) < 4.78 is 10.7.